The third-order valence-electron chi connectivity index (χ3n) is 8.37. The van der Waals surface area contributed by atoms with Crippen LogP contribution in [0.1, 0.15) is 79.0 Å². The molecule has 234 valence electrons. The molecule has 0 saturated carbocycles. The van der Waals surface area contributed by atoms with Crippen LogP contribution >= 0.6 is 0 Å². The van der Waals surface area contributed by atoms with Gasteiger partial charge in [-0.15, -0.1) is 34.9 Å². The number of nitrogens with zero attached hydrogens (tertiary/aromatic N) is 2. The molecule has 6 rings (SSSR count). The van der Waals surface area contributed by atoms with Gasteiger partial charge in [-0.2, -0.15) is 0 Å². The van der Waals surface area contributed by atoms with Crippen LogP contribution in [0, 0.1) is 6.07 Å². The van der Waals surface area contributed by atoms with Crippen LogP contribution < -0.4 is 0 Å². The van der Waals surface area contributed by atoms with Gasteiger partial charge < -0.3 is 9.52 Å². The molecule has 0 amide bonds. The molecule has 0 aliphatic rings. The molecule has 45 heavy (non-hydrogen) atoms. The number of benzene rings is 4. The van der Waals surface area contributed by atoms with Crippen molar-refractivity contribution in [1.82, 2.24) is 9.97 Å². The van der Waals surface area contributed by atoms with E-state index in [0.717, 1.165) is 49.8 Å². The first-order valence-electron chi connectivity index (χ1n) is 15.3. The topological polar surface area (TPSA) is 59.2 Å². The van der Waals surface area contributed by atoms with Gasteiger partial charge in [-0.25, -0.2) is 4.98 Å². The molecule has 0 atom stereocenters. The molecule has 0 radical (unpaired) electrons. The number of para-hydroxylation sites is 1. The van der Waals surface area contributed by atoms with E-state index in [4.69, 9.17) is 14.4 Å². The maximum atomic E-state index is 10.6. The molecule has 5 heteroatoms. The molecular weight excluding hydrogens is 736 g/mol. The molecule has 0 spiro atoms. The second-order valence-corrected chi connectivity index (χ2v) is 14.9. The molecule has 0 aliphatic heterocycles. The number of aromatic nitrogens is 2. The van der Waals surface area contributed by atoms with E-state index in [1.165, 1.54) is 11.1 Å². The van der Waals surface area contributed by atoms with Gasteiger partial charge in [-0.3, -0.25) is 4.98 Å². The Morgan fingerprint density at radius 1 is 0.644 bits per heavy atom. The fourth-order valence-electron chi connectivity index (χ4n) is 5.71. The summed E-state index contributed by atoms with van der Waals surface area (Å²) in [5.41, 5.74) is 10.2. The summed E-state index contributed by atoms with van der Waals surface area (Å²) in [6, 6.07) is 28.4. The second-order valence-electron chi connectivity index (χ2n) is 14.9. The van der Waals surface area contributed by atoms with E-state index in [1.807, 2.05) is 24.4 Å². The van der Waals surface area contributed by atoms with E-state index >= 15 is 0 Å². The number of aromatic hydroxyl groups is 1. The fraction of sp³-hybridized carbons (Fsp3) is 0.300. The molecule has 6 aromatic rings. The summed E-state index contributed by atoms with van der Waals surface area (Å²) in [6.45, 7) is 20.0. The molecule has 0 fully saturated rings. The fourth-order valence-corrected chi connectivity index (χ4v) is 5.71. The Hall–Kier alpha value is -3.75. The predicted octanol–water partition coefficient (Wildman–Crippen LogP) is 10.8. The first kappa shape index (κ1) is 32.6. The molecule has 2 heterocycles. The van der Waals surface area contributed by atoms with Gasteiger partial charge >= 0.3 is 0 Å². The van der Waals surface area contributed by atoms with Crippen LogP contribution in [0.5, 0.6) is 5.75 Å². The smallest absolute Gasteiger partial charge is 0.230 e. The molecule has 0 aliphatic carbocycles. The number of hydrogen-bond donors (Lipinski definition) is 1. The number of oxazole rings is 1. The van der Waals surface area contributed by atoms with Crippen molar-refractivity contribution in [2.45, 2.75) is 78.6 Å². The van der Waals surface area contributed by atoms with Crippen LogP contribution in [-0.2, 0) is 37.3 Å². The van der Waals surface area contributed by atoms with Gasteiger partial charge in [0.25, 0.3) is 0 Å². The van der Waals surface area contributed by atoms with Crippen LogP contribution in [0.25, 0.3) is 55.7 Å². The zero-order valence-corrected chi connectivity index (χ0v) is 29.8. The van der Waals surface area contributed by atoms with Crippen molar-refractivity contribution in [3.8, 4) is 39.5 Å². The summed E-state index contributed by atoms with van der Waals surface area (Å²) in [4.78, 5) is 9.86. The van der Waals surface area contributed by atoms with Crippen molar-refractivity contribution < 1.29 is 30.6 Å². The number of pyridine rings is 1. The first-order chi connectivity index (χ1) is 20.6. The first-order valence-corrected chi connectivity index (χ1v) is 15.3. The summed E-state index contributed by atoms with van der Waals surface area (Å²) in [5.74, 6) is 0.538. The van der Waals surface area contributed by atoms with Crippen molar-refractivity contribution in [1.29, 1.82) is 0 Å². The SMILES string of the molecule is CC(C)(C)c1cc(-c2cc(C(C)(C)C)cc3cccnc23)[c-]c(-c2ccc(C(C)(C)C)c3oc(-c4ccccc4O)nc23)c1.[Pt]. The number of phenols is 1. The maximum Gasteiger partial charge on any atom is 0.230 e. The zero-order chi connectivity index (χ0) is 31.6. The van der Waals surface area contributed by atoms with Gasteiger partial charge in [-0.05, 0) is 45.4 Å². The van der Waals surface area contributed by atoms with Gasteiger partial charge in [0.2, 0.25) is 5.89 Å². The van der Waals surface area contributed by atoms with Crippen LogP contribution in [0.3, 0.4) is 0 Å². The summed E-state index contributed by atoms with van der Waals surface area (Å²) < 4.78 is 6.48. The van der Waals surface area contributed by atoms with Crippen molar-refractivity contribution in [2.75, 3.05) is 0 Å². The van der Waals surface area contributed by atoms with Crippen molar-refractivity contribution >= 4 is 22.0 Å². The van der Waals surface area contributed by atoms with Gasteiger partial charge in [0.15, 0.2) is 5.58 Å². The normalized spacial score (nSPS) is 12.5. The molecule has 0 bridgehead atoms. The average Bonchev–Trinajstić information content (AvgIpc) is 3.39. The summed E-state index contributed by atoms with van der Waals surface area (Å²) in [5, 5.41) is 11.8. The molecule has 1 N–H and O–H groups in total. The maximum absolute atomic E-state index is 10.6. The van der Waals surface area contributed by atoms with E-state index in [9.17, 15) is 5.11 Å². The van der Waals surface area contributed by atoms with Gasteiger partial charge in [-0.1, -0.05) is 116 Å². The van der Waals surface area contributed by atoms with E-state index in [-0.39, 0.29) is 43.1 Å². The van der Waals surface area contributed by atoms with E-state index in [2.05, 4.69) is 111 Å². The largest absolute Gasteiger partial charge is 0.507 e. The van der Waals surface area contributed by atoms with Gasteiger partial charge in [0.1, 0.15) is 5.75 Å². The van der Waals surface area contributed by atoms with Crippen LogP contribution in [0.4, 0.5) is 0 Å². The Kier molecular flexibility index (Phi) is 8.38. The predicted molar refractivity (Wildman–Crippen MR) is 182 cm³/mol. The zero-order valence-electron chi connectivity index (χ0n) is 27.6. The van der Waals surface area contributed by atoms with Gasteiger partial charge in [0, 0.05) is 38.3 Å². The number of hydrogen-bond acceptors (Lipinski definition) is 4. The quantitative estimate of drug-likeness (QED) is 0.182. The molecule has 4 nitrogen and oxygen atoms in total. The molecular formula is C40H41N2O2Pt-. The van der Waals surface area contributed by atoms with E-state index < -0.39 is 0 Å². The number of phenolic OH excluding ortho intramolecular Hbond substituents is 1. The van der Waals surface area contributed by atoms with Crippen molar-refractivity contribution in [3.63, 3.8) is 0 Å². The Bertz CT molecular complexity index is 2040. The number of rotatable bonds is 3. The average molecular weight is 777 g/mol. The Morgan fingerprint density at radius 2 is 1.29 bits per heavy atom. The van der Waals surface area contributed by atoms with E-state index in [1.54, 1.807) is 12.1 Å². The molecule has 4 aromatic carbocycles. The third kappa shape index (κ3) is 6.23. The monoisotopic (exact) mass is 776 g/mol. The summed E-state index contributed by atoms with van der Waals surface area (Å²) >= 11 is 0. The van der Waals surface area contributed by atoms with Crippen LogP contribution in [-0.4, -0.2) is 15.1 Å². The molecule has 0 saturated heterocycles. The minimum absolute atomic E-state index is 0. The van der Waals surface area contributed by atoms with Crippen LogP contribution in [0.15, 0.2) is 83.4 Å². The van der Waals surface area contributed by atoms with Crippen LogP contribution in [0.2, 0.25) is 0 Å². The summed E-state index contributed by atoms with van der Waals surface area (Å²) in [7, 11) is 0. The minimum atomic E-state index is -0.174. The molecule has 0 unspecified atom stereocenters. The Labute approximate surface area is 281 Å². The Morgan fingerprint density at radius 3 is 1.93 bits per heavy atom. The van der Waals surface area contributed by atoms with Crippen molar-refractivity contribution in [2.24, 2.45) is 0 Å². The minimum Gasteiger partial charge on any atom is -0.507 e. The molecule has 2 aromatic heterocycles. The summed E-state index contributed by atoms with van der Waals surface area (Å²) in [6.07, 6.45) is 1.86. The second kappa shape index (κ2) is 11.6. The van der Waals surface area contributed by atoms with E-state index in [0.29, 0.717) is 11.5 Å². The Balaban J connectivity index is 0.00000400. The van der Waals surface area contributed by atoms with Crippen molar-refractivity contribution in [3.05, 3.63) is 102 Å². The standard InChI is InChI=1S/C40H41N2O2.Pt/c1-38(2,3)27-21-25(19-26(22-27)31-23-28(39(4,5)6)20-24-13-12-18-41-34(24)31)29-16-17-32(40(7,8)9)36-35(29)42-37(44-36)30-14-10-11-15-33(30)43;/h10-18,20-23,43H,1-9H3;/q-1;. The third-order valence-corrected chi connectivity index (χ3v) is 8.37. The van der Waals surface area contributed by atoms with Gasteiger partial charge in [0.05, 0.1) is 11.1 Å². The number of fused-ring (bicyclic) bond motifs is 2.